The Balaban J connectivity index is 1.71. The quantitative estimate of drug-likeness (QED) is 0.760. The third-order valence-electron chi connectivity index (χ3n) is 4.18. The molecule has 2 aliphatic rings. The van der Waals surface area contributed by atoms with Crippen LogP contribution in [0.5, 0.6) is 0 Å². The molecule has 1 aliphatic heterocycles. The van der Waals surface area contributed by atoms with Crippen molar-refractivity contribution in [3.8, 4) is 0 Å². The number of thioether (sulfide) groups is 1. The number of hydrogen-bond donors (Lipinski definition) is 1. The Hall–Kier alpha value is -0.550. The Morgan fingerprint density at radius 3 is 2.70 bits per heavy atom. The Labute approximate surface area is 131 Å². The van der Waals surface area contributed by atoms with Crippen molar-refractivity contribution in [2.45, 2.75) is 32.1 Å². The number of aliphatic imine (C=N–C) groups is 1. The number of para-hydroxylation sites is 1. The van der Waals surface area contributed by atoms with Gasteiger partial charge in [0.05, 0.1) is 5.69 Å². The maximum absolute atomic E-state index is 13.8. The van der Waals surface area contributed by atoms with Gasteiger partial charge in [-0.2, -0.15) is 0 Å². The summed E-state index contributed by atoms with van der Waals surface area (Å²) < 4.78 is 14.5. The topological polar surface area (TPSA) is 24.4 Å². The molecule has 3 rings (SSSR count). The number of benzene rings is 1. The van der Waals surface area contributed by atoms with Gasteiger partial charge in [-0.25, -0.2) is 4.39 Å². The van der Waals surface area contributed by atoms with Crippen molar-refractivity contribution in [2.75, 3.05) is 17.6 Å². The van der Waals surface area contributed by atoms with E-state index in [1.807, 2.05) is 6.07 Å². The molecular formula is C15H18BrFN2S. The van der Waals surface area contributed by atoms with Gasteiger partial charge in [-0.15, -0.1) is 0 Å². The normalized spacial score (nSPS) is 21.6. The standard InChI is InChI=1S/C15H18BrFN2S/c16-11-5-4-6-12(17)13(11)19-14-18-9-15(10-20-14)7-2-1-3-8-15/h4-6H,1-3,7-10H2,(H,18,19). The molecule has 1 saturated carbocycles. The second kappa shape index (κ2) is 6.06. The third-order valence-corrected chi connectivity index (χ3v) is 6.10. The molecule has 0 unspecified atom stereocenters. The number of halogens is 2. The van der Waals surface area contributed by atoms with Crippen molar-refractivity contribution in [3.05, 3.63) is 28.5 Å². The fourth-order valence-electron chi connectivity index (χ4n) is 2.96. The van der Waals surface area contributed by atoms with Crippen LogP contribution in [-0.4, -0.2) is 17.5 Å². The molecule has 0 bridgehead atoms. The molecule has 1 spiro atoms. The molecule has 2 nitrogen and oxygen atoms in total. The highest BCUT2D eigenvalue weighted by molar-refractivity contribution is 9.10. The second-order valence-corrected chi connectivity index (χ2v) is 7.51. The van der Waals surface area contributed by atoms with Crippen molar-refractivity contribution in [2.24, 2.45) is 10.4 Å². The van der Waals surface area contributed by atoms with Crippen LogP contribution in [0, 0.1) is 11.2 Å². The van der Waals surface area contributed by atoms with Crippen LogP contribution in [0.3, 0.4) is 0 Å². The van der Waals surface area contributed by atoms with Crippen LogP contribution in [0.4, 0.5) is 10.1 Å². The molecule has 0 saturated heterocycles. The van der Waals surface area contributed by atoms with Crippen LogP contribution in [0.1, 0.15) is 32.1 Å². The SMILES string of the molecule is Fc1cccc(Br)c1NC1=NCC2(CCCCC2)CS1. The van der Waals surface area contributed by atoms with Gasteiger partial charge in [0.25, 0.3) is 0 Å². The van der Waals surface area contributed by atoms with Crippen LogP contribution in [0.15, 0.2) is 27.7 Å². The van der Waals surface area contributed by atoms with Crippen LogP contribution in [0.25, 0.3) is 0 Å². The molecule has 108 valence electrons. The lowest BCUT2D eigenvalue weighted by Crippen LogP contribution is -2.35. The molecule has 1 N–H and O–H groups in total. The van der Waals surface area contributed by atoms with Gasteiger partial charge in [0.2, 0.25) is 0 Å². The van der Waals surface area contributed by atoms with Crippen molar-refractivity contribution in [1.82, 2.24) is 0 Å². The van der Waals surface area contributed by atoms with E-state index in [1.165, 1.54) is 38.2 Å². The highest BCUT2D eigenvalue weighted by Crippen LogP contribution is 2.42. The molecule has 0 aromatic heterocycles. The predicted octanol–water partition coefficient (Wildman–Crippen LogP) is 5.05. The Kier molecular flexibility index (Phi) is 4.36. The average molecular weight is 357 g/mol. The monoisotopic (exact) mass is 356 g/mol. The molecule has 1 aromatic carbocycles. The minimum absolute atomic E-state index is 0.249. The highest BCUT2D eigenvalue weighted by Gasteiger charge is 2.35. The summed E-state index contributed by atoms with van der Waals surface area (Å²) in [6, 6.07) is 4.99. The lowest BCUT2D eigenvalue weighted by Gasteiger charge is -2.38. The zero-order valence-corrected chi connectivity index (χ0v) is 13.7. The van der Waals surface area contributed by atoms with Gasteiger partial charge in [0, 0.05) is 16.8 Å². The lowest BCUT2D eigenvalue weighted by molar-refractivity contribution is 0.232. The van der Waals surface area contributed by atoms with Crippen LogP contribution in [0.2, 0.25) is 0 Å². The number of rotatable bonds is 1. The number of nitrogens with zero attached hydrogens (tertiary/aromatic N) is 1. The van der Waals surface area contributed by atoms with Gasteiger partial charge in [0.1, 0.15) is 5.82 Å². The first kappa shape index (κ1) is 14.4. The molecule has 0 amide bonds. The smallest absolute Gasteiger partial charge is 0.161 e. The van der Waals surface area contributed by atoms with Gasteiger partial charge in [-0.05, 0) is 46.3 Å². The fraction of sp³-hybridized carbons (Fsp3) is 0.533. The number of hydrogen-bond acceptors (Lipinski definition) is 3. The molecule has 1 heterocycles. The molecule has 0 atom stereocenters. The average Bonchev–Trinajstić information content (AvgIpc) is 2.46. The van der Waals surface area contributed by atoms with E-state index in [9.17, 15) is 4.39 Å². The van der Waals surface area contributed by atoms with Crippen molar-refractivity contribution >= 4 is 38.5 Å². The summed E-state index contributed by atoms with van der Waals surface area (Å²) in [7, 11) is 0. The van der Waals surface area contributed by atoms with E-state index in [4.69, 9.17) is 0 Å². The van der Waals surface area contributed by atoms with Crippen molar-refractivity contribution in [3.63, 3.8) is 0 Å². The van der Waals surface area contributed by atoms with Crippen molar-refractivity contribution in [1.29, 1.82) is 0 Å². The molecular weight excluding hydrogens is 339 g/mol. The van der Waals surface area contributed by atoms with Gasteiger partial charge in [-0.3, -0.25) is 4.99 Å². The predicted molar refractivity (Wildman–Crippen MR) is 88.0 cm³/mol. The van der Waals surface area contributed by atoms with Crippen LogP contribution in [-0.2, 0) is 0 Å². The number of nitrogens with one attached hydrogen (secondary N) is 1. The Morgan fingerprint density at radius 1 is 1.25 bits per heavy atom. The van der Waals surface area contributed by atoms with E-state index < -0.39 is 0 Å². The van der Waals surface area contributed by atoms with Gasteiger partial charge in [-0.1, -0.05) is 37.1 Å². The molecule has 1 aliphatic carbocycles. The Morgan fingerprint density at radius 2 is 2.05 bits per heavy atom. The summed E-state index contributed by atoms with van der Waals surface area (Å²) in [5, 5.41) is 3.97. The molecule has 0 radical (unpaired) electrons. The van der Waals surface area contributed by atoms with E-state index in [-0.39, 0.29) is 5.82 Å². The third kappa shape index (κ3) is 3.03. The number of amidine groups is 1. The molecule has 1 fully saturated rings. The second-order valence-electron chi connectivity index (χ2n) is 5.69. The zero-order chi connectivity index (χ0) is 14.0. The first-order valence-electron chi connectivity index (χ1n) is 7.07. The minimum Gasteiger partial charge on any atom is -0.332 e. The van der Waals surface area contributed by atoms with Gasteiger partial charge < -0.3 is 5.32 Å². The van der Waals surface area contributed by atoms with Crippen LogP contribution < -0.4 is 5.32 Å². The summed E-state index contributed by atoms with van der Waals surface area (Å²) in [5.41, 5.74) is 0.888. The Bertz CT molecular complexity index is 506. The highest BCUT2D eigenvalue weighted by atomic mass is 79.9. The molecule has 5 heteroatoms. The van der Waals surface area contributed by atoms with Crippen molar-refractivity contribution < 1.29 is 4.39 Å². The maximum atomic E-state index is 13.8. The zero-order valence-electron chi connectivity index (χ0n) is 11.3. The van der Waals surface area contributed by atoms with E-state index >= 15 is 0 Å². The maximum Gasteiger partial charge on any atom is 0.161 e. The van der Waals surface area contributed by atoms with E-state index in [0.717, 1.165) is 21.9 Å². The molecule has 1 aromatic rings. The van der Waals surface area contributed by atoms with E-state index in [2.05, 4.69) is 26.2 Å². The van der Waals surface area contributed by atoms with Crippen LogP contribution >= 0.6 is 27.7 Å². The number of anilines is 1. The summed E-state index contributed by atoms with van der Waals surface area (Å²) >= 11 is 5.11. The van der Waals surface area contributed by atoms with Gasteiger partial charge >= 0.3 is 0 Å². The fourth-order valence-corrected chi connectivity index (χ4v) is 4.55. The summed E-state index contributed by atoms with van der Waals surface area (Å²) in [5.74, 6) is 0.853. The summed E-state index contributed by atoms with van der Waals surface area (Å²) in [4.78, 5) is 4.66. The summed E-state index contributed by atoms with van der Waals surface area (Å²) in [6.07, 6.45) is 6.61. The molecule has 20 heavy (non-hydrogen) atoms. The largest absolute Gasteiger partial charge is 0.332 e. The summed E-state index contributed by atoms with van der Waals surface area (Å²) in [6.45, 7) is 0.883. The first-order chi connectivity index (χ1) is 9.69. The minimum atomic E-state index is -0.249. The van der Waals surface area contributed by atoms with E-state index in [0.29, 0.717) is 11.1 Å². The first-order valence-corrected chi connectivity index (χ1v) is 8.85. The lowest BCUT2D eigenvalue weighted by atomic mass is 9.75. The van der Waals surface area contributed by atoms with Gasteiger partial charge in [0.15, 0.2) is 5.17 Å². The van der Waals surface area contributed by atoms with E-state index in [1.54, 1.807) is 17.8 Å².